The van der Waals surface area contributed by atoms with Gasteiger partial charge in [0.1, 0.15) is 6.20 Å². The molecule has 0 saturated heterocycles. The Morgan fingerprint density at radius 2 is 1.81 bits per heavy atom. The van der Waals surface area contributed by atoms with Gasteiger partial charge in [0, 0.05) is 25.2 Å². The van der Waals surface area contributed by atoms with Gasteiger partial charge >= 0.3 is 11.9 Å². The number of benzene rings is 2. The van der Waals surface area contributed by atoms with E-state index in [1.807, 2.05) is 13.8 Å². The molecule has 3 aromatic rings. The predicted octanol–water partition coefficient (Wildman–Crippen LogP) is 3.71. The van der Waals surface area contributed by atoms with Gasteiger partial charge in [-0.05, 0) is 49.2 Å². The molecular formula is C24H24ClF3N4O4. The van der Waals surface area contributed by atoms with Crippen LogP contribution in [0.3, 0.4) is 0 Å². The molecule has 36 heavy (non-hydrogen) atoms. The van der Waals surface area contributed by atoms with Crippen LogP contribution >= 0.6 is 11.6 Å². The molecule has 0 aliphatic rings. The summed E-state index contributed by atoms with van der Waals surface area (Å²) in [6.07, 6.45) is -3.11. The van der Waals surface area contributed by atoms with Crippen molar-refractivity contribution in [3.63, 3.8) is 0 Å². The highest BCUT2D eigenvalue weighted by Crippen LogP contribution is 2.33. The quantitative estimate of drug-likeness (QED) is 0.415. The van der Waals surface area contributed by atoms with Crippen molar-refractivity contribution in [3.8, 4) is 5.69 Å². The van der Waals surface area contributed by atoms with Gasteiger partial charge in [-0.1, -0.05) is 30.7 Å². The molecule has 1 atom stereocenters. The summed E-state index contributed by atoms with van der Waals surface area (Å²) >= 11 is 6.22. The maximum atomic E-state index is 13.0. The number of ether oxygens (including phenoxy) is 1. The van der Waals surface area contributed by atoms with Crippen LogP contribution in [0.15, 0.2) is 58.3 Å². The molecule has 0 fully saturated rings. The molecule has 0 saturated carbocycles. The maximum absolute atomic E-state index is 13.0. The third-order valence-corrected chi connectivity index (χ3v) is 6.03. The van der Waals surface area contributed by atoms with Crippen LogP contribution in [0, 0.1) is 0 Å². The number of hydrogen-bond acceptors (Lipinski definition) is 5. The summed E-state index contributed by atoms with van der Waals surface area (Å²) in [6.45, 7) is 4.52. The lowest BCUT2D eigenvalue weighted by Gasteiger charge is -2.31. The molecule has 2 N–H and O–H groups in total. The number of alkyl halides is 3. The first-order chi connectivity index (χ1) is 16.9. The van der Waals surface area contributed by atoms with E-state index in [1.54, 1.807) is 0 Å². The Morgan fingerprint density at radius 1 is 1.14 bits per heavy atom. The van der Waals surface area contributed by atoms with Gasteiger partial charge in [-0.15, -0.1) is 0 Å². The van der Waals surface area contributed by atoms with Crippen LogP contribution in [0.25, 0.3) is 5.69 Å². The smallest absolute Gasteiger partial charge is 0.382 e. The molecule has 0 bridgehead atoms. The average molecular weight is 525 g/mol. The minimum atomic E-state index is -4.46. The lowest BCUT2D eigenvalue weighted by molar-refractivity contribution is -0.137. The summed E-state index contributed by atoms with van der Waals surface area (Å²) in [7, 11) is 0. The van der Waals surface area contributed by atoms with E-state index in [0.717, 1.165) is 23.0 Å². The number of halogens is 4. The van der Waals surface area contributed by atoms with Crippen molar-refractivity contribution in [3.05, 3.63) is 91.2 Å². The van der Waals surface area contributed by atoms with Crippen molar-refractivity contribution in [1.29, 1.82) is 0 Å². The van der Waals surface area contributed by atoms with Crippen LogP contribution in [-0.4, -0.2) is 40.4 Å². The molecule has 12 heteroatoms. The summed E-state index contributed by atoms with van der Waals surface area (Å²) in [5.41, 5.74) is -2.13. The summed E-state index contributed by atoms with van der Waals surface area (Å²) < 4.78 is 45.4. The highest BCUT2D eigenvalue weighted by molar-refractivity contribution is 6.33. The van der Waals surface area contributed by atoms with Crippen molar-refractivity contribution in [2.75, 3.05) is 19.8 Å². The zero-order valence-corrected chi connectivity index (χ0v) is 20.2. The third-order valence-electron chi connectivity index (χ3n) is 5.70. The molecule has 0 radical (unpaired) electrons. The first kappa shape index (κ1) is 27.2. The SMILES string of the molecule is CCOCCC(C)(CNC(=O)c1cc(-n2ncc(=O)[nH]c2=O)ccc1Cl)c1ccc(C(F)(F)F)cc1. The van der Waals surface area contributed by atoms with Crippen LogP contribution < -0.4 is 16.6 Å². The van der Waals surface area contributed by atoms with Gasteiger partial charge in [-0.3, -0.25) is 14.6 Å². The van der Waals surface area contributed by atoms with Gasteiger partial charge in [0.2, 0.25) is 0 Å². The molecule has 2 aromatic carbocycles. The minimum Gasteiger partial charge on any atom is -0.382 e. The van der Waals surface area contributed by atoms with Crippen LogP contribution in [0.2, 0.25) is 5.02 Å². The number of nitrogens with one attached hydrogen (secondary N) is 2. The normalized spacial score (nSPS) is 13.3. The van der Waals surface area contributed by atoms with E-state index in [-0.39, 0.29) is 22.8 Å². The molecule has 0 aliphatic heterocycles. The second kappa shape index (κ2) is 11.1. The zero-order valence-electron chi connectivity index (χ0n) is 19.5. The molecule has 0 aliphatic carbocycles. The zero-order chi connectivity index (χ0) is 26.5. The van der Waals surface area contributed by atoms with Crippen LogP contribution in [-0.2, 0) is 16.3 Å². The fourth-order valence-electron chi connectivity index (χ4n) is 3.56. The standard InChI is InChI=1S/C24H24ClF3N4O4/c1-3-36-11-10-23(2,15-4-6-16(7-5-15)24(26,27)28)14-29-21(34)18-12-17(8-9-19(18)25)32-22(35)31-20(33)13-30-32/h4-9,12-13H,3,10-11,14H2,1-2H3,(H,29,34)(H,31,33,35). The van der Waals surface area contributed by atoms with Crippen LogP contribution in [0.4, 0.5) is 13.2 Å². The number of nitrogens with zero attached hydrogens (tertiary/aromatic N) is 2. The summed E-state index contributed by atoms with van der Waals surface area (Å²) in [5.74, 6) is -0.561. The first-order valence-electron chi connectivity index (χ1n) is 11.0. The fourth-order valence-corrected chi connectivity index (χ4v) is 3.77. The van der Waals surface area contributed by atoms with E-state index >= 15 is 0 Å². The highest BCUT2D eigenvalue weighted by atomic mass is 35.5. The topological polar surface area (TPSA) is 106 Å². The number of aromatic nitrogens is 3. The second-order valence-electron chi connectivity index (χ2n) is 8.28. The predicted molar refractivity (Wildman–Crippen MR) is 128 cm³/mol. The Hall–Kier alpha value is -3.44. The minimum absolute atomic E-state index is 0.0497. The van der Waals surface area contributed by atoms with Crippen molar-refractivity contribution in [2.45, 2.75) is 31.9 Å². The fraction of sp³-hybridized carbons (Fsp3) is 0.333. The Labute approximate surface area is 209 Å². The van der Waals surface area contributed by atoms with E-state index in [4.69, 9.17) is 16.3 Å². The highest BCUT2D eigenvalue weighted by Gasteiger charge is 2.32. The van der Waals surface area contributed by atoms with Gasteiger partial charge < -0.3 is 10.1 Å². The van der Waals surface area contributed by atoms with Crippen molar-refractivity contribution < 1.29 is 22.7 Å². The van der Waals surface area contributed by atoms with Gasteiger partial charge in [0.25, 0.3) is 11.5 Å². The monoisotopic (exact) mass is 524 g/mol. The molecule has 1 amide bonds. The first-order valence-corrected chi connectivity index (χ1v) is 11.3. The second-order valence-corrected chi connectivity index (χ2v) is 8.69. The van der Waals surface area contributed by atoms with Crippen molar-refractivity contribution in [2.24, 2.45) is 0 Å². The van der Waals surface area contributed by atoms with E-state index in [1.165, 1.54) is 30.3 Å². The lowest BCUT2D eigenvalue weighted by atomic mass is 9.79. The van der Waals surface area contributed by atoms with Crippen molar-refractivity contribution in [1.82, 2.24) is 20.1 Å². The van der Waals surface area contributed by atoms with E-state index < -0.39 is 34.3 Å². The Kier molecular flexibility index (Phi) is 8.36. The number of amides is 1. The maximum Gasteiger partial charge on any atom is 0.416 e. The molecule has 8 nitrogen and oxygen atoms in total. The average Bonchev–Trinajstić information content (AvgIpc) is 2.83. The molecule has 0 spiro atoms. The van der Waals surface area contributed by atoms with Gasteiger partial charge in [-0.25, -0.2) is 4.79 Å². The molecule has 1 heterocycles. The van der Waals surface area contributed by atoms with E-state index in [9.17, 15) is 27.6 Å². The van der Waals surface area contributed by atoms with Crippen LogP contribution in [0.1, 0.15) is 41.8 Å². The van der Waals surface area contributed by atoms with E-state index in [0.29, 0.717) is 25.2 Å². The number of rotatable bonds is 9. The van der Waals surface area contributed by atoms with Crippen LogP contribution in [0.5, 0.6) is 0 Å². The number of carbonyl (C=O) groups excluding carboxylic acids is 1. The number of carbonyl (C=O) groups is 1. The lowest BCUT2D eigenvalue weighted by Crippen LogP contribution is -2.40. The summed E-state index contributed by atoms with van der Waals surface area (Å²) in [4.78, 5) is 38.5. The molecular weight excluding hydrogens is 501 g/mol. The van der Waals surface area contributed by atoms with Crippen molar-refractivity contribution >= 4 is 17.5 Å². The Bertz CT molecular complexity index is 1340. The molecule has 1 aromatic heterocycles. The largest absolute Gasteiger partial charge is 0.416 e. The third kappa shape index (κ3) is 6.41. The molecule has 192 valence electrons. The molecule has 3 rings (SSSR count). The Morgan fingerprint density at radius 3 is 2.42 bits per heavy atom. The Balaban J connectivity index is 1.86. The number of H-pyrrole nitrogens is 1. The van der Waals surface area contributed by atoms with Gasteiger partial charge in [-0.2, -0.15) is 23.0 Å². The molecule has 1 unspecified atom stereocenters. The number of aromatic amines is 1. The summed E-state index contributed by atoms with van der Waals surface area (Å²) in [5, 5.41) is 6.66. The summed E-state index contributed by atoms with van der Waals surface area (Å²) in [6, 6.07) is 9.01. The van der Waals surface area contributed by atoms with E-state index in [2.05, 4.69) is 15.4 Å². The van der Waals surface area contributed by atoms with Gasteiger partial charge in [0.05, 0.1) is 21.8 Å². The number of hydrogen-bond donors (Lipinski definition) is 2. The van der Waals surface area contributed by atoms with Gasteiger partial charge in [0.15, 0.2) is 0 Å².